The molecular weight excluding hydrogens is 373 g/mol. The molecule has 0 aliphatic rings. The van der Waals surface area contributed by atoms with Gasteiger partial charge in [0.25, 0.3) is 5.91 Å². The first-order chi connectivity index (χ1) is 13.0. The SMILES string of the molecule is CNC(=O)c1c(NC)ncn1CC(O)Nc1nc(-c2ccncc2F)cs1. The molecule has 3 rings (SSSR count). The van der Waals surface area contributed by atoms with Gasteiger partial charge in [-0.15, -0.1) is 11.3 Å². The van der Waals surface area contributed by atoms with Crippen molar-refractivity contribution in [3.63, 3.8) is 0 Å². The maximum atomic E-state index is 13.8. The zero-order chi connectivity index (χ0) is 19.4. The zero-order valence-electron chi connectivity index (χ0n) is 14.6. The van der Waals surface area contributed by atoms with Crippen molar-refractivity contribution in [3.8, 4) is 11.3 Å². The molecule has 0 aliphatic heterocycles. The fraction of sp³-hybridized carbons (Fsp3) is 0.250. The first-order valence-corrected chi connectivity index (χ1v) is 8.86. The van der Waals surface area contributed by atoms with Gasteiger partial charge in [0.05, 0.1) is 24.8 Å². The van der Waals surface area contributed by atoms with Crippen molar-refractivity contribution in [2.45, 2.75) is 12.8 Å². The molecule has 0 aliphatic carbocycles. The molecule has 0 bridgehead atoms. The molecule has 1 atom stereocenters. The van der Waals surface area contributed by atoms with E-state index in [1.54, 1.807) is 12.4 Å². The number of aliphatic hydroxyl groups is 1. The van der Waals surface area contributed by atoms with Crippen LogP contribution in [0.15, 0.2) is 30.2 Å². The van der Waals surface area contributed by atoms with Crippen LogP contribution in [0, 0.1) is 5.82 Å². The predicted octanol–water partition coefficient (Wildman–Crippen LogP) is 1.37. The Morgan fingerprint density at radius 1 is 1.44 bits per heavy atom. The Kier molecular flexibility index (Phi) is 5.62. The third kappa shape index (κ3) is 4.04. The van der Waals surface area contributed by atoms with Gasteiger partial charge < -0.3 is 25.6 Å². The van der Waals surface area contributed by atoms with Crippen LogP contribution >= 0.6 is 11.3 Å². The van der Waals surface area contributed by atoms with Crippen LogP contribution in [0.4, 0.5) is 15.3 Å². The molecule has 0 aromatic carbocycles. The molecule has 0 spiro atoms. The monoisotopic (exact) mass is 391 g/mol. The molecule has 1 amide bonds. The summed E-state index contributed by atoms with van der Waals surface area (Å²) in [5.41, 5.74) is 1.08. The first kappa shape index (κ1) is 18.7. The predicted molar refractivity (Wildman–Crippen MR) is 100 cm³/mol. The van der Waals surface area contributed by atoms with Crippen molar-refractivity contribution < 1.29 is 14.3 Å². The van der Waals surface area contributed by atoms with Gasteiger partial charge >= 0.3 is 0 Å². The lowest BCUT2D eigenvalue weighted by Gasteiger charge is -2.14. The molecule has 0 saturated carbocycles. The molecule has 4 N–H and O–H groups in total. The number of amides is 1. The quantitative estimate of drug-likeness (QED) is 0.450. The van der Waals surface area contributed by atoms with Crippen LogP contribution in [0.3, 0.4) is 0 Å². The molecule has 11 heteroatoms. The average molecular weight is 391 g/mol. The van der Waals surface area contributed by atoms with E-state index in [4.69, 9.17) is 0 Å². The zero-order valence-corrected chi connectivity index (χ0v) is 15.4. The van der Waals surface area contributed by atoms with Crippen LogP contribution < -0.4 is 16.0 Å². The number of rotatable bonds is 7. The molecule has 9 nitrogen and oxygen atoms in total. The highest BCUT2D eigenvalue weighted by Gasteiger charge is 2.19. The van der Waals surface area contributed by atoms with Gasteiger partial charge in [0.2, 0.25) is 0 Å². The summed E-state index contributed by atoms with van der Waals surface area (Å²) in [7, 11) is 3.17. The number of carbonyl (C=O) groups excluding carboxylic acids is 1. The van der Waals surface area contributed by atoms with Crippen LogP contribution in [0.25, 0.3) is 11.3 Å². The number of aromatic nitrogens is 4. The number of halogens is 1. The van der Waals surface area contributed by atoms with Crippen molar-refractivity contribution >= 4 is 28.2 Å². The number of hydrogen-bond acceptors (Lipinski definition) is 8. The molecule has 0 radical (unpaired) electrons. The highest BCUT2D eigenvalue weighted by molar-refractivity contribution is 7.14. The second-order valence-electron chi connectivity index (χ2n) is 5.48. The van der Waals surface area contributed by atoms with Gasteiger partial charge in [-0.1, -0.05) is 0 Å². The third-order valence-electron chi connectivity index (χ3n) is 3.73. The Bertz CT molecular complexity index is 943. The van der Waals surface area contributed by atoms with E-state index >= 15 is 0 Å². The Labute approximate surface area is 158 Å². The van der Waals surface area contributed by atoms with Gasteiger partial charge in [-0.2, -0.15) is 0 Å². The summed E-state index contributed by atoms with van der Waals surface area (Å²) in [4.78, 5) is 24.1. The molecule has 1 unspecified atom stereocenters. The summed E-state index contributed by atoms with van der Waals surface area (Å²) < 4.78 is 15.3. The van der Waals surface area contributed by atoms with Gasteiger partial charge in [-0.25, -0.2) is 14.4 Å². The lowest BCUT2D eigenvalue weighted by molar-refractivity contribution is 0.0950. The molecule has 27 heavy (non-hydrogen) atoms. The minimum atomic E-state index is -1.03. The van der Waals surface area contributed by atoms with E-state index in [1.807, 2.05) is 0 Å². The van der Waals surface area contributed by atoms with Crippen molar-refractivity contribution in [3.05, 3.63) is 41.7 Å². The molecule has 3 aromatic rings. The van der Waals surface area contributed by atoms with Crippen molar-refractivity contribution in [1.29, 1.82) is 0 Å². The first-order valence-electron chi connectivity index (χ1n) is 7.98. The van der Waals surface area contributed by atoms with Gasteiger partial charge in [-0.05, 0) is 6.07 Å². The van der Waals surface area contributed by atoms with Gasteiger partial charge in [0, 0.05) is 31.2 Å². The molecular formula is C16H18FN7O2S. The van der Waals surface area contributed by atoms with Crippen LogP contribution in [0.1, 0.15) is 10.5 Å². The third-order valence-corrected chi connectivity index (χ3v) is 4.50. The fourth-order valence-corrected chi connectivity index (χ4v) is 3.24. The molecule has 3 heterocycles. The van der Waals surface area contributed by atoms with Crippen LogP contribution in [0.2, 0.25) is 0 Å². The van der Waals surface area contributed by atoms with E-state index in [9.17, 15) is 14.3 Å². The Hall–Kier alpha value is -3.05. The molecule has 0 saturated heterocycles. The normalized spacial score (nSPS) is 11.9. The number of pyridine rings is 1. The number of imidazole rings is 1. The molecule has 0 fully saturated rings. The average Bonchev–Trinajstić information content (AvgIpc) is 3.28. The van der Waals surface area contributed by atoms with Crippen LogP contribution in [-0.2, 0) is 6.54 Å². The second-order valence-corrected chi connectivity index (χ2v) is 6.33. The fourth-order valence-electron chi connectivity index (χ4n) is 2.48. The van der Waals surface area contributed by atoms with E-state index in [0.29, 0.717) is 27.9 Å². The van der Waals surface area contributed by atoms with Gasteiger partial charge in [0.15, 0.2) is 22.5 Å². The van der Waals surface area contributed by atoms with Gasteiger partial charge in [-0.3, -0.25) is 9.78 Å². The number of anilines is 2. The minimum absolute atomic E-state index is 0.0654. The Morgan fingerprint density at radius 2 is 2.26 bits per heavy atom. The maximum absolute atomic E-state index is 13.8. The van der Waals surface area contributed by atoms with E-state index < -0.39 is 12.0 Å². The summed E-state index contributed by atoms with van der Waals surface area (Å²) >= 11 is 1.23. The number of hydrogen-bond donors (Lipinski definition) is 4. The van der Waals surface area contributed by atoms with E-state index in [1.165, 1.54) is 41.5 Å². The number of nitrogens with zero attached hydrogens (tertiary/aromatic N) is 4. The minimum Gasteiger partial charge on any atom is -0.372 e. The van der Waals surface area contributed by atoms with Crippen LogP contribution in [0.5, 0.6) is 0 Å². The number of carbonyl (C=O) groups is 1. The van der Waals surface area contributed by atoms with E-state index in [2.05, 4.69) is 30.9 Å². The van der Waals surface area contributed by atoms with Crippen LogP contribution in [-0.4, -0.2) is 50.9 Å². The largest absolute Gasteiger partial charge is 0.372 e. The summed E-state index contributed by atoms with van der Waals surface area (Å²) in [6.07, 6.45) is 3.03. The number of aliphatic hydroxyl groups excluding tert-OH is 1. The maximum Gasteiger partial charge on any atom is 0.271 e. The van der Waals surface area contributed by atoms with E-state index in [0.717, 1.165) is 6.20 Å². The highest BCUT2D eigenvalue weighted by atomic mass is 32.1. The standard InChI is InChI=1S/C16H18FN7O2S/c1-18-14-13(15(26)19-2)24(8-21-14)6-12(25)23-16-22-11(7-27-16)9-3-4-20-5-10(9)17/h3-5,7-8,12,18,25H,6H2,1-2H3,(H,19,26)(H,22,23). The summed E-state index contributed by atoms with van der Waals surface area (Å²) in [5.74, 6) is -0.386. The van der Waals surface area contributed by atoms with Crippen molar-refractivity contribution in [1.82, 2.24) is 24.8 Å². The van der Waals surface area contributed by atoms with E-state index in [-0.39, 0.29) is 12.5 Å². The Morgan fingerprint density at radius 3 is 2.96 bits per heavy atom. The Balaban J connectivity index is 1.72. The molecule has 142 valence electrons. The topological polar surface area (TPSA) is 117 Å². The summed E-state index contributed by atoms with van der Waals surface area (Å²) in [6.45, 7) is 0.0654. The second kappa shape index (κ2) is 8.10. The number of nitrogens with one attached hydrogen (secondary N) is 3. The van der Waals surface area contributed by atoms with Crippen molar-refractivity contribution in [2.75, 3.05) is 24.7 Å². The smallest absolute Gasteiger partial charge is 0.271 e. The van der Waals surface area contributed by atoms with Gasteiger partial charge in [0.1, 0.15) is 6.23 Å². The lowest BCUT2D eigenvalue weighted by atomic mass is 10.2. The molecule has 3 aromatic heterocycles. The lowest BCUT2D eigenvalue weighted by Crippen LogP contribution is -2.29. The summed E-state index contributed by atoms with van der Waals surface area (Å²) in [5, 5.41) is 20.6. The highest BCUT2D eigenvalue weighted by Crippen LogP contribution is 2.26. The summed E-state index contributed by atoms with van der Waals surface area (Å²) in [6, 6.07) is 1.53. The number of thiazole rings is 1. The van der Waals surface area contributed by atoms with Crippen molar-refractivity contribution in [2.24, 2.45) is 0 Å².